The average Bonchev–Trinajstić information content (AvgIpc) is 2.32. The van der Waals surface area contributed by atoms with Gasteiger partial charge in [-0.25, -0.2) is 4.98 Å². The number of hydrogen-bond donors (Lipinski definition) is 1. The maximum Gasteiger partial charge on any atom is 0.256 e. The summed E-state index contributed by atoms with van der Waals surface area (Å²) in [6, 6.07) is 3.51. The Morgan fingerprint density at radius 3 is 3.06 bits per heavy atom. The molecule has 1 aliphatic rings. The molecule has 0 radical (unpaired) electrons. The van der Waals surface area contributed by atoms with E-state index in [2.05, 4.69) is 20.9 Å². The summed E-state index contributed by atoms with van der Waals surface area (Å²) in [4.78, 5) is 18.1. The van der Waals surface area contributed by atoms with E-state index >= 15 is 0 Å². The van der Waals surface area contributed by atoms with E-state index in [4.69, 9.17) is 0 Å². The Morgan fingerprint density at radius 2 is 2.41 bits per heavy atom. The molecule has 0 aromatic carbocycles. The van der Waals surface area contributed by atoms with E-state index in [0.29, 0.717) is 29.7 Å². The molecule has 0 saturated carbocycles. The molecule has 4 nitrogen and oxygen atoms in total. The number of likely N-dealkylation sites (tertiary alicyclic amines) is 1. The molecule has 17 heavy (non-hydrogen) atoms. The number of pyridine rings is 1. The number of aliphatic hydroxyl groups is 1. The quantitative estimate of drug-likeness (QED) is 0.803. The molecule has 1 aromatic heterocycles. The summed E-state index contributed by atoms with van der Waals surface area (Å²) >= 11 is 3.28. The van der Waals surface area contributed by atoms with Crippen molar-refractivity contribution in [2.24, 2.45) is 5.92 Å². The number of piperidine rings is 1. The first-order chi connectivity index (χ1) is 8.09. The third kappa shape index (κ3) is 2.66. The van der Waals surface area contributed by atoms with E-state index in [9.17, 15) is 9.90 Å². The molecule has 1 aliphatic heterocycles. The van der Waals surface area contributed by atoms with Crippen LogP contribution in [0.15, 0.2) is 22.9 Å². The van der Waals surface area contributed by atoms with Gasteiger partial charge in [0.25, 0.3) is 5.91 Å². The fourth-order valence-electron chi connectivity index (χ4n) is 2.03. The number of aliphatic hydroxyl groups excluding tert-OH is 1. The molecule has 0 spiro atoms. The highest BCUT2D eigenvalue weighted by molar-refractivity contribution is 9.10. The number of carbonyl (C=O) groups excluding carboxylic acids is 1. The molecule has 5 heteroatoms. The minimum atomic E-state index is -0.295. The zero-order valence-corrected chi connectivity index (χ0v) is 11.2. The molecule has 2 rings (SSSR count). The van der Waals surface area contributed by atoms with Crippen molar-refractivity contribution in [1.82, 2.24) is 9.88 Å². The minimum absolute atomic E-state index is 0.0243. The second-order valence-electron chi connectivity index (χ2n) is 4.43. The van der Waals surface area contributed by atoms with Crippen molar-refractivity contribution in [3.8, 4) is 0 Å². The number of aromatic nitrogens is 1. The van der Waals surface area contributed by atoms with Crippen molar-refractivity contribution in [2.75, 3.05) is 13.1 Å². The summed E-state index contributed by atoms with van der Waals surface area (Å²) < 4.78 is 0.573. The largest absolute Gasteiger partial charge is 0.393 e. The summed E-state index contributed by atoms with van der Waals surface area (Å²) in [5, 5.41) is 9.64. The Kier molecular flexibility index (Phi) is 3.79. The van der Waals surface area contributed by atoms with Crippen LogP contribution in [0.5, 0.6) is 0 Å². The Morgan fingerprint density at radius 1 is 1.65 bits per heavy atom. The van der Waals surface area contributed by atoms with Gasteiger partial charge in [0.05, 0.1) is 11.7 Å². The SMILES string of the molecule is CC1CN(C(=O)c2cccnc2Br)CCC1O. The van der Waals surface area contributed by atoms with Gasteiger partial charge in [0.15, 0.2) is 0 Å². The van der Waals surface area contributed by atoms with Crippen LogP contribution in [0.25, 0.3) is 0 Å². The maximum atomic E-state index is 12.2. The van der Waals surface area contributed by atoms with Gasteiger partial charge in [-0.1, -0.05) is 6.92 Å². The second-order valence-corrected chi connectivity index (χ2v) is 5.18. The smallest absolute Gasteiger partial charge is 0.256 e. The summed E-state index contributed by atoms with van der Waals surface area (Å²) in [5.74, 6) is 0.104. The lowest BCUT2D eigenvalue weighted by molar-refractivity contribution is 0.0297. The number of carbonyl (C=O) groups is 1. The molecule has 1 aromatic rings. The molecule has 0 bridgehead atoms. The number of nitrogens with zero attached hydrogens (tertiary/aromatic N) is 2. The van der Waals surface area contributed by atoms with E-state index in [1.807, 2.05) is 6.92 Å². The topological polar surface area (TPSA) is 53.4 Å². The van der Waals surface area contributed by atoms with Crippen molar-refractivity contribution in [1.29, 1.82) is 0 Å². The lowest BCUT2D eigenvalue weighted by Gasteiger charge is -2.34. The lowest BCUT2D eigenvalue weighted by atomic mass is 9.96. The van der Waals surface area contributed by atoms with Crippen molar-refractivity contribution in [2.45, 2.75) is 19.4 Å². The van der Waals surface area contributed by atoms with Crippen molar-refractivity contribution >= 4 is 21.8 Å². The number of hydrogen-bond acceptors (Lipinski definition) is 3. The van der Waals surface area contributed by atoms with Gasteiger partial charge in [-0.2, -0.15) is 0 Å². The van der Waals surface area contributed by atoms with E-state index in [0.717, 1.165) is 0 Å². The molecule has 0 aliphatic carbocycles. The second kappa shape index (κ2) is 5.14. The Balaban J connectivity index is 2.14. The van der Waals surface area contributed by atoms with Gasteiger partial charge in [-0.15, -0.1) is 0 Å². The van der Waals surface area contributed by atoms with E-state index in [1.54, 1.807) is 23.2 Å². The summed E-state index contributed by atoms with van der Waals surface area (Å²) in [5.41, 5.74) is 0.580. The molecular weight excluding hydrogens is 284 g/mol. The van der Waals surface area contributed by atoms with E-state index < -0.39 is 0 Å². The first-order valence-electron chi connectivity index (χ1n) is 5.67. The monoisotopic (exact) mass is 298 g/mol. The molecule has 2 unspecified atom stereocenters. The maximum absolute atomic E-state index is 12.2. The van der Waals surface area contributed by atoms with Crippen molar-refractivity contribution in [3.63, 3.8) is 0 Å². The van der Waals surface area contributed by atoms with E-state index in [1.165, 1.54) is 0 Å². The molecule has 1 fully saturated rings. The molecule has 2 heterocycles. The lowest BCUT2D eigenvalue weighted by Crippen LogP contribution is -2.45. The van der Waals surface area contributed by atoms with Gasteiger partial charge in [-0.05, 0) is 40.4 Å². The Labute approximate surface area is 109 Å². The third-order valence-corrected chi connectivity index (χ3v) is 3.77. The predicted molar refractivity (Wildman–Crippen MR) is 67.6 cm³/mol. The molecule has 1 N–H and O–H groups in total. The number of amides is 1. The molecular formula is C12H15BrN2O2. The highest BCUT2D eigenvalue weighted by atomic mass is 79.9. The number of halogens is 1. The highest BCUT2D eigenvalue weighted by Gasteiger charge is 2.28. The first-order valence-corrected chi connectivity index (χ1v) is 6.46. The zero-order valence-electron chi connectivity index (χ0n) is 9.64. The summed E-state index contributed by atoms with van der Waals surface area (Å²) in [6.45, 7) is 3.16. The van der Waals surface area contributed by atoms with Crippen molar-refractivity contribution < 1.29 is 9.90 Å². The van der Waals surface area contributed by atoms with Gasteiger partial charge in [-0.3, -0.25) is 4.79 Å². The van der Waals surface area contributed by atoms with Crippen LogP contribution in [0.4, 0.5) is 0 Å². The van der Waals surface area contributed by atoms with Gasteiger partial charge >= 0.3 is 0 Å². The van der Waals surface area contributed by atoms with Crippen LogP contribution in [-0.4, -0.2) is 40.1 Å². The van der Waals surface area contributed by atoms with Gasteiger partial charge in [0, 0.05) is 19.3 Å². The van der Waals surface area contributed by atoms with Crippen LogP contribution in [0.3, 0.4) is 0 Å². The van der Waals surface area contributed by atoms with Crippen LogP contribution in [0.2, 0.25) is 0 Å². The fraction of sp³-hybridized carbons (Fsp3) is 0.500. The normalized spacial score (nSPS) is 24.8. The third-order valence-electron chi connectivity index (χ3n) is 3.14. The van der Waals surface area contributed by atoms with Gasteiger partial charge in [0.2, 0.25) is 0 Å². The molecule has 2 atom stereocenters. The van der Waals surface area contributed by atoms with Crippen LogP contribution in [0, 0.1) is 5.92 Å². The highest BCUT2D eigenvalue weighted by Crippen LogP contribution is 2.21. The molecule has 92 valence electrons. The zero-order chi connectivity index (χ0) is 12.4. The number of rotatable bonds is 1. The Hall–Kier alpha value is -0.940. The van der Waals surface area contributed by atoms with Gasteiger partial charge < -0.3 is 10.0 Å². The van der Waals surface area contributed by atoms with Crippen LogP contribution >= 0.6 is 15.9 Å². The van der Waals surface area contributed by atoms with Crippen LogP contribution in [0.1, 0.15) is 23.7 Å². The molecule has 1 amide bonds. The Bertz CT molecular complexity index is 425. The van der Waals surface area contributed by atoms with E-state index in [-0.39, 0.29) is 17.9 Å². The minimum Gasteiger partial charge on any atom is -0.393 e. The predicted octanol–water partition coefficient (Wildman–Crippen LogP) is 1.69. The first kappa shape index (κ1) is 12.5. The van der Waals surface area contributed by atoms with Crippen molar-refractivity contribution in [3.05, 3.63) is 28.5 Å². The molecule has 1 saturated heterocycles. The van der Waals surface area contributed by atoms with Crippen LogP contribution < -0.4 is 0 Å². The van der Waals surface area contributed by atoms with Crippen LogP contribution in [-0.2, 0) is 0 Å². The van der Waals surface area contributed by atoms with Gasteiger partial charge in [0.1, 0.15) is 4.60 Å². The fourth-order valence-corrected chi connectivity index (χ4v) is 2.45. The average molecular weight is 299 g/mol. The summed E-state index contributed by atoms with van der Waals surface area (Å²) in [7, 11) is 0. The summed E-state index contributed by atoms with van der Waals surface area (Å²) in [6.07, 6.45) is 1.99. The standard InChI is InChI=1S/C12H15BrN2O2/c1-8-7-15(6-4-10(8)16)12(17)9-3-2-5-14-11(9)13/h2-3,5,8,10,16H,4,6-7H2,1H3.